The number of hydrogen-bond donors (Lipinski definition) is 1. The highest BCUT2D eigenvalue weighted by Gasteiger charge is 2.36. The van der Waals surface area contributed by atoms with Gasteiger partial charge in [-0.15, -0.1) is 0 Å². The summed E-state index contributed by atoms with van der Waals surface area (Å²) in [6.45, 7) is 1.89. The van der Waals surface area contributed by atoms with E-state index < -0.39 is 5.54 Å². The molecule has 2 N–H and O–H groups in total. The number of nitrogens with two attached hydrogens (primary N) is 1. The zero-order chi connectivity index (χ0) is 9.64. The second-order valence-corrected chi connectivity index (χ2v) is 4.62. The van der Waals surface area contributed by atoms with Gasteiger partial charge >= 0.3 is 0 Å². The van der Waals surface area contributed by atoms with Gasteiger partial charge < -0.3 is 5.73 Å². The lowest BCUT2D eigenvalue weighted by Gasteiger charge is -2.17. The van der Waals surface area contributed by atoms with E-state index in [0.717, 1.165) is 15.6 Å². The molecule has 0 bridgehead atoms. The van der Waals surface area contributed by atoms with Crippen LogP contribution in [0.4, 0.5) is 0 Å². The predicted molar refractivity (Wildman–Crippen MR) is 54.6 cm³/mol. The smallest absolute Gasteiger partial charge is 0.165 e. The molecule has 68 valence electrons. The average molecular weight is 240 g/mol. The Kier molecular flexibility index (Phi) is 1.82. The highest BCUT2D eigenvalue weighted by Crippen LogP contribution is 2.35. The Morgan fingerprint density at radius 2 is 2.23 bits per heavy atom. The van der Waals surface area contributed by atoms with Crippen LogP contribution < -0.4 is 5.73 Å². The van der Waals surface area contributed by atoms with Gasteiger partial charge in [0, 0.05) is 22.0 Å². The van der Waals surface area contributed by atoms with E-state index in [9.17, 15) is 4.79 Å². The largest absolute Gasteiger partial charge is 0.321 e. The summed E-state index contributed by atoms with van der Waals surface area (Å²) in [5, 5.41) is 0. The van der Waals surface area contributed by atoms with Crippen LogP contribution in [0.1, 0.15) is 29.3 Å². The van der Waals surface area contributed by atoms with Gasteiger partial charge in [0.05, 0.1) is 0 Å². The van der Waals surface area contributed by atoms with Crippen molar-refractivity contribution in [1.82, 2.24) is 0 Å². The summed E-state index contributed by atoms with van der Waals surface area (Å²) in [5.41, 5.74) is 7.24. The molecule has 1 aliphatic rings. The monoisotopic (exact) mass is 239 g/mol. The van der Waals surface area contributed by atoms with Crippen LogP contribution >= 0.6 is 15.9 Å². The standard InChI is InChI=1S/C10H10BrNO/c1-10(12)5-9(13)7-3-2-6(11)4-8(7)10/h2-4H,5,12H2,1H3. The fraction of sp³-hybridized carbons (Fsp3) is 0.300. The molecule has 0 saturated heterocycles. The van der Waals surface area contributed by atoms with Crippen molar-refractivity contribution in [3.8, 4) is 0 Å². The molecule has 2 nitrogen and oxygen atoms in total. The molecule has 1 aliphatic carbocycles. The molecule has 0 radical (unpaired) electrons. The highest BCUT2D eigenvalue weighted by atomic mass is 79.9. The molecule has 1 unspecified atom stereocenters. The van der Waals surface area contributed by atoms with Crippen LogP contribution in [0.5, 0.6) is 0 Å². The quantitative estimate of drug-likeness (QED) is 0.755. The first kappa shape index (κ1) is 8.91. The first-order chi connectivity index (χ1) is 6.00. The normalized spacial score (nSPS) is 26.2. The van der Waals surface area contributed by atoms with Gasteiger partial charge in [0.15, 0.2) is 5.78 Å². The third-order valence-electron chi connectivity index (χ3n) is 2.43. The second kappa shape index (κ2) is 2.66. The molecule has 0 saturated carbocycles. The minimum Gasteiger partial charge on any atom is -0.321 e. The lowest BCUT2D eigenvalue weighted by molar-refractivity contribution is 0.0977. The lowest BCUT2D eigenvalue weighted by Crippen LogP contribution is -2.30. The van der Waals surface area contributed by atoms with E-state index in [2.05, 4.69) is 15.9 Å². The van der Waals surface area contributed by atoms with Gasteiger partial charge in [0.2, 0.25) is 0 Å². The van der Waals surface area contributed by atoms with Crippen molar-refractivity contribution in [1.29, 1.82) is 0 Å². The molecule has 0 aromatic heterocycles. The zero-order valence-corrected chi connectivity index (χ0v) is 8.89. The van der Waals surface area contributed by atoms with Crippen molar-refractivity contribution in [2.45, 2.75) is 18.9 Å². The number of carbonyl (C=O) groups excluding carboxylic acids is 1. The van der Waals surface area contributed by atoms with Crippen molar-refractivity contribution in [3.05, 3.63) is 33.8 Å². The molecule has 1 atom stereocenters. The van der Waals surface area contributed by atoms with Gasteiger partial charge in [-0.2, -0.15) is 0 Å². The van der Waals surface area contributed by atoms with Gasteiger partial charge in [-0.25, -0.2) is 0 Å². The maximum atomic E-state index is 11.5. The van der Waals surface area contributed by atoms with Gasteiger partial charge in [0.25, 0.3) is 0 Å². The number of hydrogen-bond acceptors (Lipinski definition) is 2. The Morgan fingerprint density at radius 1 is 1.54 bits per heavy atom. The first-order valence-corrected chi connectivity index (χ1v) is 4.92. The minimum absolute atomic E-state index is 0.146. The van der Waals surface area contributed by atoms with E-state index in [4.69, 9.17) is 5.73 Å². The summed E-state index contributed by atoms with van der Waals surface area (Å²) < 4.78 is 0.970. The van der Waals surface area contributed by atoms with Crippen LogP contribution in [0.25, 0.3) is 0 Å². The van der Waals surface area contributed by atoms with Crippen molar-refractivity contribution in [2.24, 2.45) is 5.73 Å². The Bertz CT molecular complexity index is 385. The number of carbonyl (C=O) groups is 1. The predicted octanol–water partition coefficient (Wildman–Crippen LogP) is 2.21. The Morgan fingerprint density at radius 3 is 2.92 bits per heavy atom. The van der Waals surface area contributed by atoms with Crippen LogP contribution in [0.15, 0.2) is 22.7 Å². The molecule has 2 rings (SSSR count). The van der Waals surface area contributed by atoms with Gasteiger partial charge in [-0.05, 0) is 30.7 Å². The number of Topliss-reactive ketones (excluding diaryl/α,β-unsaturated/α-hetero) is 1. The minimum atomic E-state index is -0.490. The van der Waals surface area contributed by atoms with Crippen LogP contribution in [0, 0.1) is 0 Å². The van der Waals surface area contributed by atoms with E-state index in [1.807, 2.05) is 25.1 Å². The van der Waals surface area contributed by atoms with E-state index in [1.54, 1.807) is 0 Å². The molecule has 0 spiro atoms. The van der Waals surface area contributed by atoms with Crippen LogP contribution in [0.3, 0.4) is 0 Å². The summed E-state index contributed by atoms with van der Waals surface area (Å²) in [6.07, 6.45) is 0.415. The van der Waals surface area contributed by atoms with E-state index >= 15 is 0 Å². The third kappa shape index (κ3) is 1.32. The molecule has 1 aromatic rings. The number of benzene rings is 1. The molecular formula is C10H10BrNO. The Hall–Kier alpha value is -0.670. The molecule has 3 heteroatoms. The fourth-order valence-corrected chi connectivity index (χ4v) is 2.12. The van der Waals surface area contributed by atoms with Crippen molar-refractivity contribution in [2.75, 3.05) is 0 Å². The molecule has 13 heavy (non-hydrogen) atoms. The fourth-order valence-electron chi connectivity index (χ4n) is 1.76. The molecule has 0 heterocycles. The van der Waals surface area contributed by atoms with Gasteiger partial charge in [-0.1, -0.05) is 15.9 Å². The molecule has 1 aromatic carbocycles. The Balaban J connectivity index is 2.66. The van der Waals surface area contributed by atoms with E-state index in [-0.39, 0.29) is 5.78 Å². The lowest BCUT2D eigenvalue weighted by atomic mass is 9.96. The highest BCUT2D eigenvalue weighted by molar-refractivity contribution is 9.10. The molecular weight excluding hydrogens is 230 g/mol. The topological polar surface area (TPSA) is 43.1 Å². The summed E-state index contributed by atoms with van der Waals surface area (Å²) in [7, 11) is 0. The maximum Gasteiger partial charge on any atom is 0.165 e. The zero-order valence-electron chi connectivity index (χ0n) is 7.30. The molecule has 0 fully saturated rings. The summed E-state index contributed by atoms with van der Waals surface area (Å²) in [4.78, 5) is 11.5. The number of ketones is 1. The van der Waals surface area contributed by atoms with Crippen molar-refractivity contribution >= 4 is 21.7 Å². The van der Waals surface area contributed by atoms with Crippen molar-refractivity contribution < 1.29 is 4.79 Å². The van der Waals surface area contributed by atoms with Crippen LogP contribution in [0.2, 0.25) is 0 Å². The average Bonchev–Trinajstić information content (AvgIpc) is 2.23. The second-order valence-electron chi connectivity index (χ2n) is 3.71. The first-order valence-electron chi connectivity index (χ1n) is 4.13. The van der Waals surface area contributed by atoms with Crippen molar-refractivity contribution in [3.63, 3.8) is 0 Å². The van der Waals surface area contributed by atoms with Gasteiger partial charge in [-0.3, -0.25) is 4.79 Å². The maximum absolute atomic E-state index is 11.5. The van der Waals surface area contributed by atoms with Crippen LogP contribution in [-0.2, 0) is 5.54 Å². The Labute approximate surface area is 85.3 Å². The number of halogens is 1. The summed E-state index contributed by atoms with van der Waals surface area (Å²) >= 11 is 3.37. The van der Waals surface area contributed by atoms with E-state index in [1.165, 1.54) is 0 Å². The summed E-state index contributed by atoms with van der Waals surface area (Å²) in [6, 6.07) is 5.64. The third-order valence-corrected chi connectivity index (χ3v) is 2.92. The summed E-state index contributed by atoms with van der Waals surface area (Å²) in [5.74, 6) is 0.146. The number of fused-ring (bicyclic) bond motifs is 1. The molecule has 0 amide bonds. The molecule has 0 aliphatic heterocycles. The SMILES string of the molecule is CC1(N)CC(=O)c2ccc(Br)cc21. The van der Waals surface area contributed by atoms with Gasteiger partial charge in [0.1, 0.15) is 0 Å². The van der Waals surface area contributed by atoms with E-state index in [0.29, 0.717) is 6.42 Å². The van der Waals surface area contributed by atoms with Crippen LogP contribution in [-0.4, -0.2) is 5.78 Å². The number of rotatable bonds is 0.